The minimum atomic E-state index is -0.105. The summed E-state index contributed by atoms with van der Waals surface area (Å²) in [4.78, 5) is 0. The van der Waals surface area contributed by atoms with Crippen molar-refractivity contribution in [3.8, 4) is 66.8 Å². The molecular weight excluding hydrogens is 769 g/mol. The molecule has 0 fully saturated rings. The molecule has 9 rings (SSSR count). The molecule has 0 spiro atoms. The highest BCUT2D eigenvalue weighted by Crippen LogP contribution is 2.56. The summed E-state index contributed by atoms with van der Waals surface area (Å²) in [6, 6.07) is 52.2. The van der Waals surface area contributed by atoms with Crippen LogP contribution in [0.5, 0.6) is 0 Å². The average Bonchev–Trinajstić information content (AvgIpc) is 3.60. The Morgan fingerprint density at radius 1 is 0.266 bits per heavy atom. The molecule has 326 valence electrons. The van der Waals surface area contributed by atoms with E-state index in [1.54, 1.807) is 0 Å². The first-order valence-corrected chi connectivity index (χ1v) is 23.7. The lowest BCUT2D eigenvalue weighted by atomic mass is 9.76. The van der Waals surface area contributed by atoms with Gasteiger partial charge in [0, 0.05) is 10.8 Å². The van der Waals surface area contributed by atoms with E-state index in [9.17, 15) is 0 Å². The lowest BCUT2D eigenvalue weighted by molar-refractivity contribution is 0.579. The van der Waals surface area contributed by atoms with E-state index in [4.69, 9.17) is 0 Å². The largest absolute Gasteiger partial charge is 0.0610 e. The van der Waals surface area contributed by atoms with Crippen LogP contribution in [-0.4, -0.2) is 0 Å². The molecule has 7 aromatic carbocycles. The van der Waals surface area contributed by atoms with E-state index >= 15 is 0 Å². The second-order valence-electron chi connectivity index (χ2n) is 24.4. The Hall–Kier alpha value is -5.46. The van der Waals surface area contributed by atoms with Crippen molar-refractivity contribution >= 4 is 0 Å². The van der Waals surface area contributed by atoms with Crippen molar-refractivity contribution in [3.05, 3.63) is 178 Å². The van der Waals surface area contributed by atoms with E-state index < -0.39 is 0 Å². The lowest BCUT2D eigenvalue weighted by Gasteiger charge is -2.27. The standard InChI is InChI=1S/C64H70/c1-59(2,3)45-26-28-49-53(35-45)63(13,14)55-37-47(61(7,8)9)33-51(57(49)55)43-24-18-22-41(31-43)39-20-17-21-40(30-39)42-23-19-25-44(32-42)52-34-48(62(10,11)12)38-56-58(52)50-29-27-46(60(4,5)6)36-54(50)64(56,15)16/h17-38H,1-16H3. The van der Waals surface area contributed by atoms with E-state index in [0.29, 0.717) is 0 Å². The van der Waals surface area contributed by atoms with Gasteiger partial charge in [0.25, 0.3) is 0 Å². The Bertz CT molecular complexity index is 2800. The predicted molar refractivity (Wildman–Crippen MR) is 278 cm³/mol. The zero-order valence-electron chi connectivity index (χ0n) is 41.7. The molecule has 0 aromatic heterocycles. The molecule has 0 saturated heterocycles. The second kappa shape index (κ2) is 14.5. The molecule has 7 aromatic rings. The van der Waals surface area contributed by atoms with Crippen molar-refractivity contribution in [2.45, 2.75) is 143 Å². The Balaban J connectivity index is 1.15. The van der Waals surface area contributed by atoms with Crippen LogP contribution in [0.2, 0.25) is 0 Å². The van der Waals surface area contributed by atoms with Crippen molar-refractivity contribution in [2.75, 3.05) is 0 Å². The van der Waals surface area contributed by atoms with Gasteiger partial charge in [0.05, 0.1) is 0 Å². The Kier molecular flexibility index (Phi) is 9.93. The Morgan fingerprint density at radius 2 is 0.547 bits per heavy atom. The first kappa shape index (κ1) is 43.8. The number of fused-ring (bicyclic) bond motifs is 6. The topological polar surface area (TPSA) is 0 Å². The number of hydrogen-bond donors (Lipinski definition) is 0. The van der Waals surface area contributed by atoms with Crippen LogP contribution in [-0.2, 0) is 32.5 Å². The highest BCUT2D eigenvalue weighted by atomic mass is 14.4. The van der Waals surface area contributed by atoms with Gasteiger partial charge in [-0.05, 0) is 163 Å². The normalized spacial score (nSPS) is 15.1. The van der Waals surface area contributed by atoms with Crippen LogP contribution in [0.25, 0.3) is 66.8 Å². The van der Waals surface area contributed by atoms with Crippen LogP contribution in [0.4, 0.5) is 0 Å². The molecule has 64 heavy (non-hydrogen) atoms. The summed E-state index contributed by atoms with van der Waals surface area (Å²) in [7, 11) is 0. The van der Waals surface area contributed by atoms with E-state index in [1.807, 2.05) is 0 Å². The summed E-state index contributed by atoms with van der Waals surface area (Å²) in [6.07, 6.45) is 0. The fourth-order valence-corrected chi connectivity index (χ4v) is 10.6. The molecular formula is C64H70. The molecule has 0 aliphatic heterocycles. The van der Waals surface area contributed by atoms with Gasteiger partial charge < -0.3 is 0 Å². The number of benzene rings is 7. The SMILES string of the molecule is CC(C)(C)c1ccc2c(c1)C(C)(C)c1cc(C(C)(C)C)cc(-c3cccc(-c4cccc(-c5cccc(-c6cc(C(C)(C)C)cc7c6-c6ccc(C(C)(C)C)cc6C7(C)C)c5)c4)c3)c1-2. The minimum absolute atomic E-state index is 0.00913. The third kappa shape index (κ3) is 7.30. The molecule has 0 N–H and O–H groups in total. The Labute approximate surface area is 386 Å². The van der Waals surface area contributed by atoms with Crippen LogP contribution in [0, 0.1) is 0 Å². The molecule has 0 nitrogen and oxygen atoms in total. The maximum atomic E-state index is 2.51. The van der Waals surface area contributed by atoms with Crippen molar-refractivity contribution in [3.63, 3.8) is 0 Å². The van der Waals surface area contributed by atoms with Crippen LogP contribution in [0.15, 0.2) is 133 Å². The molecule has 0 heteroatoms. The van der Waals surface area contributed by atoms with Gasteiger partial charge in [0.1, 0.15) is 0 Å². The fraction of sp³-hybridized carbons (Fsp3) is 0.344. The average molecular weight is 839 g/mol. The van der Waals surface area contributed by atoms with Gasteiger partial charge in [0.2, 0.25) is 0 Å². The first-order valence-electron chi connectivity index (χ1n) is 23.7. The lowest BCUT2D eigenvalue weighted by Crippen LogP contribution is -2.19. The highest BCUT2D eigenvalue weighted by molar-refractivity contribution is 5.96. The van der Waals surface area contributed by atoms with E-state index in [2.05, 4.69) is 244 Å². The molecule has 2 aliphatic carbocycles. The summed E-state index contributed by atoms with van der Waals surface area (Å²) in [5, 5.41) is 0. The van der Waals surface area contributed by atoms with Gasteiger partial charge >= 0.3 is 0 Å². The molecule has 0 amide bonds. The summed E-state index contributed by atoms with van der Waals surface area (Å²) < 4.78 is 0. The van der Waals surface area contributed by atoms with Gasteiger partial charge in [-0.2, -0.15) is 0 Å². The Morgan fingerprint density at radius 3 is 0.859 bits per heavy atom. The summed E-state index contributed by atoms with van der Waals surface area (Å²) >= 11 is 0. The van der Waals surface area contributed by atoms with Crippen LogP contribution < -0.4 is 0 Å². The third-order valence-electron chi connectivity index (χ3n) is 14.9. The van der Waals surface area contributed by atoms with Gasteiger partial charge in [0.15, 0.2) is 0 Å². The molecule has 2 aliphatic rings. The van der Waals surface area contributed by atoms with Crippen LogP contribution in [0.1, 0.15) is 155 Å². The van der Waals surface area contributed by atoms with Crippen LogP contribution >= 0.6 is 0 Å². The quantitative estimate of drug-likeness (QED) is 0.166. The molecule has 0 unspecified atom stereocenters. The molecule has 0 saturated carbocycles. The van der Waals surface area contributed by atoms with E-state index in [1.165, 1.54) is 111 Å². The van der Waals surface area contributed by atoms with E-state index in [0.717, 1.165) is 0 Å². The number of rotatable bonds is 4. The maximum Gasteiger partial charge on any atom is 0.0159 e. The summed E-state index contributed by atoms with van der Waals surface area (Å²) in [5.41, 5.74) is 26.9. The van der Waals surface area contributed by atoms with Gasteiger partial charge in [-0.15, -0.1) is 0 Å². The minimum Gasteiger partial charge on any atom is -0.0610 e. The molecule has 0 bridgehead atoms. The molecule has 0 radical (unpaired) electrons. The first-order chi connectivity index (χ1) is 29.7. The predicted octanol–water partition coefficient (Wildman–Crippen LogP) is 18.2. The summed E-state index contributed by atoms with van der Waals surface area (Å²) in [6.45, 7) is 37.7. The smallest absolute Gasteiger partial charge is 0.0159 e. The van der Waals surface area contributed by atoms with Crippen molar-refractivity contribution in [1.29, 1.82) is 0 Å². The highest BCUT2D eigenvalue weighted by Gasteiger charge is 2.41. The van der Waals surface area contributed by atoms with Gasteiger partial charge in [-0.1, -0.05) is 214 Å². The van der Waals surface area contributed by atoms with Gasteiger partial charge in [-0.25, -0.2) is 0 Å². The van der Waals surface area contributed by atoms with E-state index in [-0.39, 0.29) is 32.5 Å². The van der Waals surface area contributed by atoms with Gasteiger partial charge in [-0.3, -0.25) is 0 Å². The van der Waals surface area contributed by atoms with Crippen molar-refractivity contribution in [2.24, 2.45) is 0 Å². The number of hydrogen-bond acceptors (Lipinski definition) is 0. The third-order valence-corrected chi connectivity index (χ3v) is 14.9. The zero-order chi connectivity index (χ0) is 46.1. The molecule has 0 heterocycles. The van der Waals surface area contributed by atoms with Crippen LogP contribution in [0.3, 0.4) is 0 Å². The fourth-order valence-electron chi connectivity index (χ4n) is 10.6. The second-order valence-corrected chi connectivity index (χ2v) is 24.4. The monoisotopic (exact) mass is 839 g/mol. The zero-order valence-corrected chi connectivity index (χ0v) is 41.7. The van der Waals surface area contributed by atoms with Crippen molar-refractivity contribution < 1.29 is 0 Å². The van der Waals surface area contributed by atoms with Crippen molar-refractivity contribution in [1.82, 2.24) is 0 Å². The molecule has 0 atom stereocenters. The maximum absolute atomic E-state index is 2.51. The summed E-state index contributed by atoms with van der Waals surface area (Å²) in [5.74, 6) is 0.